The molecule has 0 saturated heterocycles. The van der Waals surface area contributed by atoms with Gasteiger partial charge in [0.05, 0.1) is 6.33 Å². The van der Waals surface area contributed by atoms with Crippen molar-refractivity contribution in [1.29, 1.82) is 0 Å². The summed E-state index contributed by atoms with van der Waals surface area (Å²) < 4.78 is 2.54. The van der Waals surface area contributed by atoms with Crippen LogP contribution in [-0.4, -0.2) is 25.8 Å². The minimum Gasteiger partial charge on any atom is -0.306 e. The van der Waals surface area contributed by atoms with Crippen molar-refractivity contribution < 1.29 is 0 Å². The second-order valence-corrected chi connectivity index (χ2v) is 18.7. The van der Waals surface area contributed by atoms with E-state index in [-0.39, 0.29) is 9.49 Å². The van der Waals surface area contributed by atoms with Crippen molar-refractivity contribution in [3.05, 3.63) is 97.1 Å². The molecule has 5 heteroatoms. The zero-order valence-electron chi connectivity index (χ0n) is 29.6. The molecule has 1 aromatic heterocycles. The SMILES string of the molecule is CC(C)(C)Sc1ccc(B(c2ccc(SC(C)(C)C)cc2)C2CCCCC2)cc1.CCCCCCc1ccc(-n2ccnc2)cc1. The van der Waals surface area contributed by atoms with Crippen LogP contribution in [0.3, 0.4) is 0 Å². The molecule has 0 unspecified atom stereocenters. The van der Waals surface area contributed by atoms with Crippen molar-refractivity contribution in [3.63, 3.8) is 0 Å². The van der Waals surface area contributed by atoms with Gasteiger partial charge in [0, 0.05) is 37.4 Å². The van der Waals surface area contributed by atoms with Crippen LogP contribution in [0.1, 0.15) is 112 Å². The predicted octanol–water partition coefficient (Wildman–Crippen LogP) is 11.4. The van der Waals surface area contributed by atoms with Crippen LogP contribution in [0.5, 0.6) is 0 Å². The largest absolute Gasteiger partial charge is 0.306 e. The maximum atomic E-state index is 4.05. The first-order valence-electron chi connectivity index (χ1n) is 17.7. The Hall–Kier alpha value is -2.37. The Morgan fingerprint density at radius 3 is 1.70 bits per heavy atom. The Morgan fingerprint density at radius 2 is 1.24 bits per heavy atom. The Balaban J connectivity index is 0.000000240. The van der Waals surface area contributed by atoms with Gasteiger partial charge in [0.25, 0.3) is 0 Å². The van der Waals surface area contributed by atoms with Gasteiger partial charge in [-0.3, -0.25) is 0 Å². The number of nitrogens with zero attached hydrogens (tertiary/aromatic N) is 2. The molecule has 0 amide bonds. The Bertz CT molecular complexity index is 1330. The van der Waals surface area contributed by atoms with E-state index in [0.29, 0.717) is 6.71 Å². The number of hydrogen-bond acceptors (Lipinski definition) is 3. The van der Waals surface area contributed by atoms with E-state index in [0.717, 1.165) is 5.82 Å². The smallest absolute Gasteiger partial charge is 0.212 e. The lowest BCUT2D eigenvalue weighted by molar-refractivity contribution is 0.499. The zero-order chi connectivity index (χ0) is 33.0. The summed E-state index contributed by atoms with van der Waals surface area (Å²) in [6, 6.07) is 27.7. The molecule has 5 rings (SSSR count). The first-order valence-corrected chi connectivity index (χ1v) is 19.3. The Labute approximate surface area is 290 Å². The van der Waals surface area contributed by atoms with E-state index in [1.54, 1.807) is 6.20 Å². The van der Waals surface area contributed by atoms with Gasteiger partial charge in [-0.1, -0.05) is 153 Å². The summed E-state index contributed by atoms with van der Waals surface area (Å²) >= 11 is 3.91. The number of hydrogen-bond donors (Lipinski definition) is 0. The number of rotatable bonds is 11. The third-order valence-corrected chi connectivity index (χ3v) is 10.7. The highest BCUT2D eigenvalue weighted by molar-refractivity contribution is 8.00. The molecular formula is C41H57BN2S2. The third-order valence-electron chi connectivity index (χ3n) is 8.51. The van der Waals surface area contributed by atoms with Gasteiger partial charge in [-0.25, -0.2) is 4.98 Å². The minimum atomic E-state index is 0.255. The van der Waals surface area contributed by atoms with E-state index in [1.165, 1.54) is 96.2 Å². The molecule has 1 fully saturated rings. The van der Waals surface area contributed by atoms with Crippen LogP contribution in [-0.2, 0) is 6.42 Å². The summed E-state index contributed by atoms with van der Waals surface area (Å²) in [7, 11) is 0. The molecule has 0 N–H and O–H groups in total. The number of aromatic nitrogens is 2. The number of benzene rings is 3. The second kappa shape index (κ2) is 17.7. The molecule has 4 aromatic rings. The van der Waals surface area contributed by atoms with Gasteiger partial charge in [0.15, 0.2) is 0 Å². The first-order chi connectivity index (χ1) is 22.0. The minimum absolute atomic E-state index is 0.255. The molecule has 0 bridgehead atoms. The molecular weight excluding hydrogens is 595 g/mol. The number of thioether (sulfide) groups is 2. The fourth-order valence-electron chi connectivity index (χ4n) is 6.40. The van der Waals surface area contributed by atoms with E-state index in [1.807, 2.05) is 40.6 Å². The van der Waals surface area contributed by atoms with Gasteiger partial charge >= 0.3 is 0 Å². The van der Waals surface area contributed by atoms with Crippen molar-refractivity contribution in [1.82, 2.24) is 9.55 Å². The lowest BCUT2D eigenvalue weighted by atomic mass is 9.32. The zero-order valence-corrected chi connectivity index (χ0v) is 31.2. The molecule has 0 spiro atoms. The molecule has 3 aromatic carbocycles. The average Bonchev–Trinajstić information content (AvgIpc) is 3.56. The van der Waals surface area contributed by atoms with Crippen LogP contribution in [0.15, 0.2) is 101 Å². The molecule has 46 heavy (non-hydrogen) atoms. The number of imidazole rings is 1. The third kappa shape index (κ3) is 12.3. The quantitative estimate of drug-likeness (QED) is 0.0912. The summed E-state index contributed by atoms with van der Waals surface area (Å²) in [5, 5.41) is 0. The van der Waals surface area contributed by atoms with Crippen molar-refractivity contribution in [2.24, 2.45) is 0 Å². The van der Waals surface area contributed by atoms with Crippen molar-refractivity contribution in [2.45, 2.75) is 138 Å². The van der Waals surface area contributed by atoms with Gasteiger partial charge in [0.2, 0.25) is 6.71 Å². The highest BCUT2D eigenvalue weighted by Crippen LogP contribution is 2.34. The molecule has 1 aliphatic rings. The predicted molar refractivity (Wildman–Crippen MR) is 207 cm³/mol. The van der Waals surface area contributed by atoms with E-state index >= 15 is 0 Å². The van der Waals surface area contributed by atoms with E-state index < -0.39 is 0 Å². The van der Waals surface area contributed by atoms with Crippen LogP contribution in [0.4, 0.5) is 0 Å². The highest BCUT2D eigenvalue weighted by Gasteiger charge is 2.30. The number of unbranched alkanes of at least 4 members (excludes halogenated alkanes) is 3. The molecule has 246 valence electrons. The van der Waals surface area contributed by atoms with E-state index in [2.05, 4.69) is 126 Å². The van der Waals surface area contributed by atoms with Gasteiger partial charge < -0.3 is 4.57 Å². The van der Waals surface area contributed by atoms with Gasteiger partial charge in [0.1, 0.15) is 0 Å². The molecule has 1 heterocycles. The van der Waals surface area contributed by atoms with Crippen molar-refractivity contribution in [2.75, 3.05) is 0 Å². The van der Waals surface area contributed by atoms with Crippen LogP contribution in [0.25, 0.3) is 5.69 Å². The van der Waals surface area contributed by atoms with Crippen LogP contribution in [0.2, 0.25) is 5.82 Å². The topological polar surface area (TPSA) is 17.8 Å². The molecule has 0 atom stereocenters. The van der Waals surface area contributed by atoms with E-state index in [4.69, 9.17) is 0 Å². The van der Waals surface area contributed by atoms with Gasteiger partial charge in [-0.2, -0.15) is 0 Å². The molecule has 2 nitrogen and oxygen atoms in total. The van der Waals surface area contributed by atoms with E-state index in [9.17, 15) is 0 Å². The summed E-state index contributed by atoms with van der Waals surface area (Å²) in [6.07, 6.45) is 19.0. The fraction of sp³-hybridized carbons (Fsp3) is 0.488. The number of aryl methyl sites for hydroxylation is 1. The van der Waals surface area contributed by atoms with Crippen molar-refractivity contribution in [3.8, 4) is 5.69 Å². The normalized spacial score (nSPS) is 14.1. The van der Waals surface area contributed by atoms with Gasteiger partial charge in [-0.15, -0.1) is 23.5 Å². The van der Waals surface area contributed by atoms with Gasteiger partial charge in [-0.05, 0) is 54.8 Å². The lowest BCUT2D eigenvalue weighted by Gasteiger charge is -2.29. The monoisotopic (exact) mass is 652 g/mol. The molecule has 1 saturated carbocycles. The molecule has 0 aliphatic heterocycles. The highest BCUT2D eigenvalue weighted by atomic mass is 32.2. The summed E-state index contributed by atoms with van der Waals surface area (Å²) in [5.74, 6) is 0.769. The maximum absolute atomic E-state index is 4.05. The summed E-state index contributed by atoms with van der Waals surface area (Å²) in [4.78, 5) is 6.81. The van der Waals surface area contributed by atoms with Crippen LogP contribution >= 0.6 is 23.5 Å². The Kier molecular flexibility index (Phi) is 14.0. The lowest BCUT2D eigenvalue weighted by Crippen LogP contribution is -2.46. The second-order valence-electron chi connectivity index (χ2n) is 14.9. The first kappa shape index (κ1) is 36.5. The standard InChI is InChI=1S/C26H37BS2.C15H20N2/c1-25(2,3)28-23-16-12-21(13-17-23)27(20-10-8-7-9-11-20)22-14-18-24(19-15-22)29-26(4,5)6;1-2-3-4-5-6-14-7-9-15(10-8-14)17-12-11-16-13-17/h12-20H,7-11H2,1-6H3;7-13H,2-6H2,1H3. The van der Waals surface area contributed by atoms with Crippen LogP contribution in [0, 0.1) is 0 Å². The molecule has 1 aliphatic carbocycles. The maximum Gasteiger partial charge on any atom is 0.212 e. The average molecular weight is 653 g/mol. The Morgan fingerprint density at radius 1 is 0.696 bits per heavy atom. The summed E-state index contributed by atoms with van der Waals surface area (Å²) in [5.41, 5.74) is 5.60. The molecule has 0 radical (unpaired) electrons. The van der Waals surface area contributed by atoms with Crippen LogP contribution < -0.4 is 10.9 Å². The fourth-order valence-corrected chi connectivity index (χ4v) is 8.36. The van der Waals surface area contributed by atoms with Crippen molar-refractivity contribution >= 4 is 41.2 Å². The summed E-state index contributed by atoms with van der Waals surface area (Å²) in [6.45, 7) is 16.5.